The molecule has 3 fully saturated rings. The van der Waals surface area contributed by atoms with Gasteiger partial charge in [0.2, 0.25) is 5.91 Å². The van der Waals surface area contributed by atoms with Crippen molar-refractivity contribution in [2.45, 2.75) is 43.4 Å². The second-order valence-electron chi connectivity index (χ2n) is 6.99. The Balaban J connectivity index is 1.38. The number of rotatable bonds is 7. The van der Waals surface area contributed by atoms with Crippen LogP contribution in [0.4, 0.5) is 4.79 Å². The van der Waals surface area contributed by atoms with E-state index in [9.17, 15) is 14.7 Å². The molecule has 0 aromatic carbocycles. The van der Waals surface area contributed by atoms with Crippen molar-refractivity contribution in [2.75, 3.05) is 53.1 Å². The van der Waals surface area contributed by atoms with E-state index in [0.29, 0.717) is 45.9 Å². The zero-order chi connectivity index (χ0) is 19.2. The number of hydrogen-bond donors (Lipinski definition) is 3. The average molecular weight is 387 g/mol. The molecule has 3 aliphatic heterocycles. The molecular formula is C17H29N3O7. The summed E-state index contributed by atoms with van der Waals surface area (Å²) in [6.45, 7) is 3.32. The fraction of sp³-hybridized carbons (Fsp3) is 0.882. The predicted molar refractivity (Wildman–Crippen MR) is 93.2 cm³/mol. The van der Waals surface area contributed by atoms with Gasteiger partial charge in [0, 0.05) is 39.7 Å². The molecule has 3 N–H and O–H groups in total. The maximum atomic E-state index is 12.1. The number of urea groups is 1. The molecule has 3 amide bonds. The number of morpholine rings is 1. The van der Waals surface area contributed by atoms with Gasteiger partial charge < -0.3 is 39.6 Å². The van der Waals surface area contributed by atoms with Crippen LogP contribution in [-0.2, 0) is 23.7 Å². The van der Waals surface area contributed by atoms with E-state index in [1.54, 1.807) is 12.0 Å². The molecule has 10 heteroatoms. The van der Waals surface area contributed by atoms with Gasteiger partial charge in [-0.2, -0.15) is 0 Å². The molecule has 0 aliphatic carbocycles. The lowest BCUT2D eigenvalue weighted by Crippen LogP contribution is -2.49. The van der Waals surface area contributed by atoms with Gasteiger partial charge in [-0.05, 0) is 0 Å². The molecule has 10 nitrogen and oxygen atoms in total. The van der Waals surface area contributed by atoms with Crippen LogP contribution in [0.1, 0.15) is 12.8 Å². The normalized spacial score (nSPS) is 33.0. The summed E-state index contributed by atoms with van der Waals surface area (Å²) in [5.41, 5.74) is 0. The first-order valence-electron chi connectivity index (χ1n) is 9.43. The van der Waals surface area contributed by atoms with Gasteiger partial charge in [0.05, 0.1) is 38.4 Å². The molecule has 3 heterocycles. The van der Waals surface area contributed by atoms with Gasteiger partial charge in [0.15, 0.2) is 0 Å². The Morgan fingerprint density at radius 1 is 1.22 bits per heavy atom. The Morgan fingerprint density at radius 3 is 2.70 bits per heavy atom. The van der Waals surface area contributed by atoms with Gasteiger partial charge in [-0.15, -0.1) is 0 Å². The summed E-state index contributed by atoms with van der Waals surface area (Å²) in [6, 6.07) is -0.183. The number of aliphatic hydroxyl groups is 1. The number of ether oxygens (including phenoxy) is 4. The molecule has 27 heavy (non-hydrogen) atoms. The van der Waals surface area contributed by atoms with E-state index >= 15 is 0 Å². The number of aliphatic hydroxyl groups excluding tert-OH is 1. The smallest absolute Gasteiger partial charge is 0.317 e. The molecule has 5 atom stereocenters. The highest BCUT2D eigenvalue weighted by Gasteiger charge is 2.50. The highest BCUT2D eigenvalue weighted by atomic mass is 16.6. The topological polar surface area (TPSA) is 119 Å². The maximum absolute atomic E-state index is 12.1. The summed E-state index contributed by atoms with van der Waals surface area (Å²) in [6.07, 6.45) is -1.57. The van der Waals surface area contributed by atoms with Crippen molar-refractivity contribution < 1.29 is 33.6 Å². The lowest BCUT2D eigenvalue weighted by Gasteiger charge is -2.28. The van der Waals surface area contributed by atoms with Crippen LogP contribution in [0.25, 0.3) is 0 Å². The molecule has 0 aromatic heterocycles. The summed E-state index contributed by atoms with van der Waals surface area (Å²) < 4.78 is 21.8. The first kappa shape index (κ1) is 20.3. The van der Waals surface area contributed by atoms with E-state index in [4.69, 9.17) is 18.9 Å². The molecule has 3 aliphatic rings. The van der Waals surface area contributed by atoms with E-state index in [2.05, 4.69) is 10.6 Å². The van der Waals surface area contributed by atoms with Crippen LogP contribution >= 0.6 is 0 Å². The van der Waals surface area contributed by atoms with Gasteiger partial charge in [-0.1, -0.05) is 0 Å². The number of carbonyl (C=O) groups excluding carboxylic acids is 2. The summed E-state index contributed by atoms with van der Waals surface area (Å²) in [5, 5.41) is 16.0. The van der Waals surface area contributed by atoms with Crippen LogP contribution in [0, 0.1) is 0 Å². The summed E-state index contributed by atoms with van der Waals surface area (Å²) in [5.74, 6) is -0.110. The summed E-state index contributed by atoms with van der Waals surface area (Å²) in [4.78, 5) is 25.7. The van der Waals surface area contributed by atoms with Gasteiger partial charge in [-0.3, -0.25) is 4.79 Å². The van der Waals surface area contributed by atoms with E-state index in [-0.39, 0.29) is 37.1 Å². The molecule has 0 spiro atoms. The molecule has 0 radical (unpaired) electrons. The van der Waals surface area contributed by atoms with Crippen LogP contribution in [0.15, 0.2) is 0 Å². The Hall–Kier alpha value is -1.46. The minimum absolute atomic E-state index is 0.110. The number of nitrogens with one attached hydrogen (secondary N) is 2. The Labute approximate surface area is 158 Å². The fourth-order valence-corrected chi connectivity index (χ4v) is 3.65. The number of amides is 3. The number of fused-ring (bicyclic) bond motifs is 1. The minimum atomic E-state index is -0.832. The highest BCUT2D eigenvalue weighted by Crippen LogP contribution is 2.35. The van der Waals surface area contributed by atoms with Crippen molar-refractivity contribution in [1.29, 1.82) is 0 Å². The second kappa shape index (κ2) is 9.65. The van der Waals surface area contributed by atoms with Crippen LogP contribution in [-0.4, -0.2) is 106 Å². The quantitative estimate of drug-likeness (QED) is 0.453. The molecule has 3 saturated heterocycles. The first-order chi connectivity index (χ1) is 13.1. The third-order valence-corrected chi connectivity index (χ3v) is 5.07. The van der Waals surface area contributed by atoms with Crippen molar-refractivity contribution >= 4 is 11.9 Å². The van der Waals surface area contributed by atoms with E-state index in [1.807, 2.05) is 0 Å². The minimum Gasteiger partial charge on any atom is -0.388 e. The summed E-state index contributed by atoms with van der Waals surface area (Å²) >= 11 is 0. The molecule has 0 aromatic rings. The predicted octanol–water partition coefficient (Wildman–Crippen LogP) is -1.53. The molecular weight excluding hydrogens is 358 g/mol. The van der Waals surface area contributed by atoms with Crippen LogP contribution in [0.3, 0.4) is 0 Å². The maximum Gasteiger partial charge on any atom is 0.317 e. The first-order valence-corrected chi connectivity index (χ1v) is 9.43. The monoisotopic (exact) mass is 387 g/mol. The van der Waals surface area contributed by atoms with Gasteiger partial charge in [0.25, 0.3) is 0 Å². The third kappa shape index (κ3) is 5.29. The standard InChI is InChI=1S/C17H29N3O7/c1-24-5-2-18-14(21)9-11-8-12-16(26-11)15(22)13(27-12)10-19-17(23)20-3-6-25-7-4-20/h11-13,15-16,22H,2-10H2,1H3,(H,18,21)(H,19,23). The molecule has 5 unspecified atom stereocenters. The average Bonchev–Trinajstić information content (AvgIpc) is 3.19. The fourth-order valence-electron chi connectivity index (χ4n) is 3.65. The van der Waals surface area contributed by atoms with Gasteiger partial charge in [0.1, 0.15) is 18.3 Å². The molecule has 0 saturated carbocycles. The molecule has 154 valence electrons. The SMILES string of the molecule is COCCNC(=O)CC1CC2OC(CNC(=O)N3CCOCC3)C(O)C2O1. The van der Waals surface area contributed by atoms with Crippen molar-refractivity contribution in [3.8, 4) is 0 Å². The largest absolute Gasteiger partial charge is 0.388 e. The van der Waals surface area contributed by atoms with Gasteiger partial charge >= 0.3 is 6.03 Å². The van der Waals surface area contributed by atoms with Crippen molar-refractivity contribution in [3.05, 3.63) is 0 Å². The van der Waals surface area contributed by atoms with Crippen LogP contribution in [0.5, 0.6) is 0 Å². The lowest BCUT2D eigenvalue weighted by molar-refractivity contribution is -0.124. The Kier molecular flexibility index (Phi) is 7.25. The second-order valence-corrected chi connectivity index (χ2v) is 6.99. The Bertz CT molecular complexity index is 515. The van der Waals surface area contributed by atoms with Crippen LogP contribution < -0.4 is 10.6 Å². The lowest BCUT2D eigenvalue weighted by atomic mass is 10.1. The number of hydrogen-bond acceptors (Lipinski definition) is 7. The summed E-state index contributed by atoms with van der Waals surface area (Å²) in [7, 11) is 1.58. The molecule has 3 rings (SSSR count). The van der Waals surface area contributed by atoms with Crippen molar-refractivity contribution in [3.63, 3.8) is 0 Å². The zero-order valence-corrected chi connectivity index (χ0v) is 15.6. The number of carbonyl (C=O) groups is 2. The van der Waals surface area contributed by atoms with Gasteiger partial charge in [-0.25, -0.2) is 4.79 Å². The Morgan fingerprint density at radius 2 is 2.00 bits per heavy atom. The van der Waals surface area contributed by atoms with E-state index in [1.165, 1.54) is 0 Å². The number of methoxy groups -OCH3 is 1. The highest BCUT2D eigenvalue weighted by molar-refractivity contribution is 5.76. The van der Waals surface area contributed by atoms with Crippen LogP contribution in [0.2, 0.25) is 0 Å². The van der Waals surface area contributed by atoms with E-state index in [0.717, 1.165) is 0 Å². The van der Waals surface area contributed by atoms with Crippen molar-refractivity contribution in [1.82, 2.24) is 15.5 Å². The van der Waals surface area contributed by atoms with E-state index < -0.39 is 18.3 Å². The zero-order valence-electron chi connectivity index (χ0n) is 15.6. The third-order valence-electron chi connectivity index (χ3n) is 5.07. The van der Waals surface area contributed by atoms with Crippen molar-refractivity contribution in [2.24, 2.45) is 0 Å². The molecule has 0 bridgehead atoms. The number of nitrogens with zero attached hydrogens (tertiary/aromatic N) is 1.